The maximum absolute atomic E-state index is 13.8. The second-order valence-electron chi connectivity index (χ2n) is 15.9. The molecule has 4 amide bonds. The van der Waals surface area contributed by atoms with E-state index < -0.39 is 40.8 Å². The number of nitrogens with zero attached hydrogens (tertiary/aromatic N) is 6. The molecule has 1 saturated carbocycles. The Kier molecular flexibility index (Phi) is 11.8. The lowest BCUT2D eigenvalue weighted by Crippen LogP contribution is -2.57. The Morgan fingerprint density at radius 3 is 2.53 bits per heavy atom. The average molecular weight is 866 g/mol. The number of piperidine rings is 1. The number of anilines is 4. The smallest absolute Gasteiger partial charge is 0.419 e. The Balaban J connectivity index is 0.937. The van der Waals surface area contributed by atoms with Crippen molar-refractivity contribution >= 4 is 75.3 Å². The first-order chi connectivity index (χ1) is 28.4. The van der Waals surface area contributed by atoms with Crippen molar-refractivity contribution in [3.63, 3.8) is 0 Å². The molecule has 0 bridgehead atoms. The number of hydrogen-bond donors (Lipinski definition) is 3. The number of rotatable bonds is 12. The van der Waals surface area contributed by atoms with Gasteiger partial charge in [0.05, 0.1) is 24.0 Å². The van der Waals surface area contributed by atoms with Crippen molar-refractivity contribution in [2.45, 2.75) is 76.2 Å². The lowest BCUT2D eigenvalue weighted by molar-refractivity contribution is -0.138. The van der Waals surface area contributed by atoms with Crippen LogP contribution in [0.1, 0.15) is 63.3 Å². The van der Waals surface area contributed by atoms with Gasteiger partial charge in [0, 0.05) is 60.2 Å². The van der Waals surface area contributed by atoms with Crippen LogP contribution in [0.2, 0.25) is 5.02 Å². The Bertz CT molecular complexity index is 2300. The minimum Gasteiger partial charge on any atom is -0.492 e. The fourth-order valence-electron chi connectivity index (χ4n) is 8.05. The standard InChI is InChI=1S/C41H43ClF3N9O5S/c1-4-24-15-28(54-38(60)53(37(58)39(54,2)3)29-19-30(41(43,44)45)32(20-46)47-21-29)5-7-33(24)59-14-13-51-11-12-52(40(23-51)9-10-40)22-35(56)49-27-17-25(42)16-26(18-27)48-31-6-8-34(55)50-36(31)57/h5,7,15-19,21,31,48H,4,6,8-14,22-23H2,1-3H3,(H,49,56)(H,50,55,57). The van der Waals surface area contributed by atoms with Crippen LogP contribution in [-0.4, -0.2) is 100.0 Å². The van der Waals surface area contributed by atoms with E-state index >= 15 is 0 Å². The fraction of sp³-hybridized carbons (Fsp3) is 0.439. The minimum absolute atomic E-state index is 0.0242. The molecular formula is C41H43ClF3N9O5S. The molecular weight excluding hydrogens is 823 g/mol. The van der Waals surface area contributed by atoms with Crippen LogP contribution >= 0.6 is 23.8 Å². The summed E-state index contributed by atoms with van der Waals surface area (Å²) in [5, 5.41) is 17.9. The number of carbonyl (C=O) groups is 4. The summed E-state index contributed by atoms with van der Waals surface area (Å²) in [6, 6.07) is 12.0. The van der Waals surface area contributed by atoms with E-state index in [-0.39, 0.29) is 41.1 Å². The number of thiocarbonyl (C=S) groups is 1. The number of nitrogens with one attached hydrogen (secondary N) is 3. The predicted molar refractivity (Wildman–Crippen MR) is 222 cm³/mol. The largest absolute Gasteiger partial charge is 0.492 e. The molecule has 7 rings (SSSR count). The van der Waals surface area contributed by atoms with Gasteiger partial charge < -0.3 is 20.3 Å². The van der Waals surface area contributed by atoms with E-state index in [2.05, 4.69) is 30.7 Å². The highest BCUT2D eigenvalue weighted by atomic mass is 35.5. The fourth-order valence-corrected chi connectivity index (χ4v) is 8.80. The number of pyridine rings is 1. The predicted octanol–water partition coefficient (Wildman–Crippen LogP) is 5.49. The first kappa shape index (κ1) is 42.8. The summed E-state index contributed by atoms with van der Waals surface area (Å²) in [4.78, 5) is 61.6. The number of carbonyl (C=O) groups excluding carboxylic acids is 4. The van der Waals surface area contributed by atoms with Crippen molar-refractivity contribution in [1.29, 1.82) is 5.26 Å². The molecule has 14 nitrogen and oxygen atoms in total. The van der Waals surface area contributed by atoms with Gasteiger partial charge in [0.25, 0.3) is 5.91 Å². The van der Waals surface area contributed by atoms with Gasteiger partial charge in [-0.25, -0.2) is 4.98 Å². The second kappa shape index (κ2) is 16.6. The van der Waals surface area contributed by atoms with E-state index in [4.69, 9.17) is 28.6 Å². The number of alkyl halides is 3. The molecule has 19 heteroatoms. The SMILES string of the molecule is CCc1cc(N2C(=S)N(c3cnc(C#N)c(C(F)(F)F)c3)C(=O)C2(C)C)ccc1OCCN1CCN(CC(=O)Nc2cc(Cl)cc(NC3CCC(=O)NC3=O)c2)C2(CC2)C1. The molecule has 1 spiro atoms. The molecule has 60 heavy (non-hydrogen) atoms. The Hall–Kier alpha value is -5.35. The van der Waals surface area contributed by atoms with Crippen LogP contribution in [0.25, 0.3) is 0 Å². The zero-order valence-electron chi connectivity index (χ0n) is 33.1. The highest BCUT2D eigenvalue weighted by Crippen LogP contribution is 2.44. The highest BCUT2D eigenvalue weighted by Gasteiger charge is 2.52. The molecule has 1 unspecified atom stereocenters. The number of hydrogen-bond acceptors (Lipinski definition) is 11. The first-order valence-electron chi connectivity index (χ1n) is 19.5. The second-order valence-corrected chi connectivity index (χ2v) is 16.7. The van der Waals surface area contributed by atoms with Gasteiger partial charge in [0.2, 0.25) is 17.7 Å². The molecule has 3 saturated heterocycles. The van der Waals surface area contributed by atoms with Crippen LogP contribution in [-0.2, 0) is 31.8 Å². The van der Waals surface area contributed by atoms with E-state index in [1.807, 2.05) is 13.0 Å². The number of benzene rings is 2. The first-order valence-corrected chi connectivity index (χ1v) is 20.3. The Labute approximate surface area is 355 Å². The van der Waals surface area contributed by atoms with E-state index in [1.54, 1.807) is 49.1 Å². The summed E-state index contributed by atoms with van der Waals surface area (Å²) in [7, 11) is 0. The summed E-state index contributed by atoms with van der Waals surface area (Å²) in [5.74, 6) is -0.779. The molecule has 3 aromatic rings. The third-order valence-electron chi connectivity index (χ3n) is 11.4. The number of ether oxygens (including phenoxy) is 1. The third-order valence-corrected chi connectivity index (χ3v) is 11.9. The number of piperazine rings is 1. The van der Waals surface area contributed by atoms with Crippen molar-refractivity contribution in [2.24, 2.45) is 0 Å². The highest BCUT2D eigenvalue weighted by molar-refractivity contribution is 7.81. The number of nitriles is 1. The molecule has 4 heterocycles. The molecule has 316 valence electrons. The van der Waals surface area contributed by atoms with Gasteiger partial charge in [-0.3, -0.25) is 39.2 Å². The summed E-state index contributed by atoms with van der Waals surface area (Å²) >= 11 is 12.0. The van der Waals surface area contributed by atoms with Gasteiger partial charge >= 0.3 is 6.18 Å². The van der Waals surface area contributed by atoms with Crippen molar-refractivity contribution in [3.05, 3.63) is 70.5 Å². The molecule has 0 radical (unpaired) electrons. The summed E-state index contributed by atoms with van der Waals surface area (Å²) in [5.41, 5.74) is -1.13. The quantitative estimate of drug-likeness (QED) is 0.155. The number of aryl methyl sites for hydroxylation is 1. The molecule has 4 fully saturated rings. The monoisotopic (exact) mass is 865 g/mol. The number of halogens is 4. The topological polar surface area (TPSA) is 163 Å². The van der Waals surface area contributed by atoms with Crippen LogP contribution in [0.3, 0.4) is 0 Å². The van der Waals surface area contributed by atoms with Crippen LogP contribution in [0, 0.1) is 11.3 Å². The van der Waals surface area contributed by atoms with Crippen molar-refractivity contribution in [2.75, 3.05) is 59.8 Å². The van der Waals surface area contributed by atoms with E-state index in [0.717, 1.165) is 48.7 Å². The molecule has 1 aliphatic carbocycles. The maximum Gasteiger partial charge on any atom is 0.419 e. The van der Waals surface area contributed by atoms with Crippen molar-refractivity contribution < 1.29 is 37.1 Å². The molecule has 3 N–H and O–H groups in total. The molecule has 2 aromatic carbocycles. The minimum atomic E-state index is -4.86. The van der Waals surface area contributed by atoms with Gasteiger partial charge in [0.15, 0.2) is 10.8 Å². The zero-order valence-corrected chi connectivity index (χ0v) is 34.7. The van der Waals surface area contributed by atoms with Gasteiger partial charge in [-0.15, -0.1) is 0 Å². The molecule has 1 atom stereocenters. The Morgan fingerprint density at radius 1 is 1.10 bits per heavy atom. The van der Waals surface area contributed by atoms with E-state index in [1.165, 1.54) is 6.07 Å². The third kappa shape index (κ3) is 8.76. The van der Waals surface area contributed by atoms with Gasteiger partial charge in [-0.05, 0) is 99.8 Å². The van der Waals surface area contributed by atoms with Crippen molar-refractivity contribution in [3.8, 4) is 11.8 Å². The maximum atomic E-state index is 13.8. The average Bonchev–Trinajstić information content (AvgIpc) is 3.92. The number of imide groups is 1. The van der Waals surface area contributed by atoms with Crippen LogP contribution in [0.4, 0.5) is 35.9 Å². The lowest BCUT2D eigenvalue weighted by atomic mass is 10.0. The number of aromatic nitrogens is 1. The Morgan fingerprint density at radius 2 is 1.85 bits per heavy atom. The lowest BCUT2D eigenvalue weighted by Gasteiger charge is -2.41. The normalized spacial score (nSPS) is 20.3. The van der Waals surface area contributed by atoms with Crippen molar-refractivity contribution in [1.82, 2.24) is 20.1 Å². The van der Waals surface area contributed by atoms with Gasteiger partial charge in [-0.2, -0.15) is 18.4 Å². The van der Waals surface area contributed by atoms with E-state index in [0.29, 0.717) is 60.4 Å². The van der Waals surface area contributed by atoms with Crippen LogP contribution in [0.15, 0.2) is 48.7 Å². The van der Waals surface area contributed by atoms with E-state index in [9.17, 15) is 37.6 Å². The molecule has 1 aromatic heterocycles. The molecule has 4 aliphatic rings. The summed E-state index contributed by atoms with van der Waals surface area (Å²) < 4.78 is 47.6. The van der Waals surface area contributed by atoms with Gasteiger partial charge in [-0.1, -0.05) is 18.5 Å². The zero-order chi connectivity index (χ0) is 43.1. The van der Waals surface area contributed by atoms with Crippen LogP contribution in [0.5, 0.6) is 5.75 Å². The van der Waals surface area contributed by atoms with Crippen LogP contribution < -0.4 is 30.5 Å². The van der Waals surface area contributed by atoms with Gasteiger partial charge in [0.1, 0.15) is 30.0 Å². The number of amides is 4. The summed E-state index contributed by atoms with van der Waals surface area (Å²) in [6.07, 6.45) is -0.708. The summed E-state index contributed by atoms with van der Waals surface area (Å²) in [6.45, 7) is 8.72. The molecule has 3 aliphatic heterocycles.